The van der Waals surface area contributed by atoms with Crippen molar-refractivity contribution in [1.82, 2.24) is 0 Å². The Morgan fingerprint density at radius 3 is 2.56 bits per heavy atom. The van der Waals surface area contributed by atoms with Crippen molar-refractivity contribution >= 4 is 0 Å². The highest BCUT2D eigenvalue weighted by Crippen LogP contribution is 2.26. The summed E-state index contributed by atoms with van der Waals surface area (Å²) in [5.74, 6) is 7.86. The molecule has 0 aliphatic heterocycles. The van der Waals surface area contributed by atoms with Crippen molar-refractivity contribution in [3.8, 4) is 17.6 Å². The minimum atomic E-state index is 0.495. The molecule has 1 rings (SSSR count). The van der Waals surface area contributed by atoms with Crippen molar-refractivity contribution in [3.63, 3.8) is 0 Å². The molecule has 1 unspecified atom stereocenters. The molecule has 1 aromatic rings. The number of hydrogen-bond donors (Lipinski definition) is 0. The SMILES string of the molecule is CCC#CCC(C)c1ccc(OCC)cc1CC. The van der Waals surface area contributed by atoms with Crippen LogP contribution in [0.5, 0.6) is 5.75 Å². The summed E-state index contributed by atoms with van der Waals surface area (Å²) in [6, 6.07) is 6.44. The molecular weight excluding hydrogens is 220 g/mol. The molecule has 1 nitrogen and oxygen atoms in total. The Morgan fingerprint density at radius 2 is 1.94 bits per heavy atom. The lowest BCUT2D eigenvalue weighted by Crippen LogP contribution is -2.00. The molecule has 1 atom stereocenters. The van der Waals surface area contributed by atoms with E-state index >= 15 is 0 Å². The number of aryl methyl sites for hydroxylation is 1. The molecule has 1 aromatic carbocycles. The zero-order valence-corrected chi connectivity index (χ0v) is 12.0. The van der Waals surface area contributed by atoms with E-state index in [4.69, 9.17) is 4.74 Å². The van der Waals surface area contributed by atoms with Crippen molar-refractivity contribution in [3.05, 3.63) is 29.3 Å². The smallest absolute Gasteiger partial charge is 0.119 e. The maximum Gasteiger partial charge on any atom is 0.119 e. The Morgan fingerprint density at radius 1 is 1.17 bits per heavy atom. The lowest BCUT2D eigenvalue weighted by Gasteiger charge is -2.15. The Kier molecular flexibility index (Phi) is 6.36. The summed E-state index contributed by atoms with van der Waals surface area (Å²) in [7, 11) is 0. The van der Waals surface area contributed by atoms with Crippen LogP contribution in [0.15, 0.2) is 18.2 Å². The minimum absolute atomic E-state index is 0.495. The topological polar surface area (TPSA) is 9.23 Å². The molecule has 0 amide bonds. The average Bonchev–Trinajstić information content (AvgIpc) is 2.39. The van der Waals surface area contributed by atoms with E-state index in [9.17, 15) is 0 Å². The van der Waals surface area contributed by atoms with Gasteiger partial charge in [-0.25, -0.2) is 0 Å². The van der Waals surface area contributed by atoms with Crippen LogP contribution in [0.2, 0.25) is 0 Å². The standard InChI is InChI=1S/C17H24O/c1-5-8-9-10-14(4)17-12-11-16(18-7-3)13-15(17)6-2/h11-14H,5-7,10H2,1-4H3. The quantitative estimate of drug-likeness (QED) is 0.690. The van der Waals surface area contributed by atoms with E-state index in [1.807, 2.05) is 6.92 Å². The molecule has 0 aliphatic rings. The Labute approximate surface area is 112 Å². The molecule has 0 spiro atoms. The molecule has 18 heavy (non-hydrogen) atoms. The van der Waals surface area contributed by atoms with Crippen LogP contribution < -0.4 is 4.74 Å². The third-order valence-corrected chi connectivity index (χ3v) is 3.05. The van der Waals surface area contributed by atoms with E-state index in [-0.39, 0.29) is 0 Å². The fourth-order valence-electron chi connectivity index (χ4n) is 2.09. The largest absolute Gasteiger partial charge is 0.494 e. The van der Waals surface area contributed by atoms with Gasteiger partial charge in [0.2, 0.25) is 0 Å². The molecule has 0 heterocycles. The van der Waals surface area contributed by atoms with Crippen molar-refractivity contribution in [2.24, 2.45) is 0 Å². The maximum absolute atomic E-state index is 5.55. The van der Waals surface area contributed by atoms with Crippen LogP contribution in [0, 0.1) is 11.8 Å². The normalized spacial score (nSPS) is 11.6. The van der Waals surface area contributed by atoms with Gasteiger partial charge in [0.05, 0.1) is 6.61 Å². The first kappa shape index (κ1) is 14.6. The third kappa shape index (κ3) is 4.11. The van der Waals surface area contributed by atoms with Gasteiger partial charge < -0.3 is 4.74 Å². The van der Waals surface area contributed by atoms with E-state index in [1.54, 1.807) is 0 Å². The van der Waals surface area contributed by atoms with Gasteiger partial charge in [0.25, 0.3) is 0 Å². The van der Waals surface area contributed by atoms with Crippen molar-refractivity contribution in [1.29, 1.82) is 0 Å². The van der Waals surface area contributed by atoms with E-state index < -0.39 is 0 Å². The Balaban J connectivity index is 2.87. The highest BCUT2D eigenvalue weighted by molar-refractivity contribution is 5.38. The monoisotopic (exact) mass is 244 g/mol. The molecule has 0 radical (unpaired) electrons. The van der Waals surface area contributed by atoms with Crippen LogP contribution in [0.3, 0.4) is 0 Å². The molecule has 98 valence electrons. The maximum atomic E-state index is 5.55. The Hall–Kier alpha value is -1.42. The van der Waals surface area contributed by atoms with Crippen LogP contribution in [0.25, 0.3) is 0 Å². The fourth-order valence-corrected chi connectivity index (χ4v) is 2.09. The first-order valence-corrected chi connectivity index (χ1v) is 6.94. The second-order valence-corrected chi connectivity index (χ2v) is 4.46. The predicted octanol–water partition coefficient (Wildman–Crippen LogP) is 4.55. The first-order chi connectivity index (χ1) is 8.72. The van der Waals surface area contributed by atoms with Gasteiger partial charge in [-0.3, -0.25) is 0 Å². The van der Waals surface area contributed by atoms with E-state index in [0.29, 0.717) is 5.92 Å². The van der Waals surface area contributed by atoms with Crippen LogP contribution in [0.1, 0.15) is 57.6 Å². The van der Waals surface area contributed by atoms with Crippen molar-refractivity contribution in [2.45, 2.75) is 52.9 Å². The van der Waals surface area contributed by atoms with E-state index in [0.717, 1.165) is 31.6 Å². The molecule has 0 N–H and O–H groups in total. The van der Waals surface area contributed by atoms with Gasteiger partial charge in [-0.1, -0.05) is 26.8 Å². The molecule has 0 saturated heterocycles. The van der Waals surface area contributed by atoms with Crippen LogP contribution >= 0.6 is 0 Å². The molecular formula is C17H24O. The summed E-state index contributed by atoms with van der Waals surface area (Å²) in [6.07, 6.45) is 2.92. The number of benzene rings is 1. The molecule has 0 aliphatic carbocycles. The lowest BCUT2D eigenvalue weighted by molar-refractivity contribution is 0.339. The summed E-state index contributed by atoms with van der Waals surface area (Å²) >= 11 is 0. The molecule has 0 bridgehead atoms. The minimum Gasteiger partial charge on any atom is -0.494 e. The van der Waals surface area contributed by atoms with Gasteiger partial charge in [-0.15, -0.1) is 11.8 Å². The fraction of sp³-hybridized carbons (Fsp3) is 0.529. The van der Waals surface area contributed by atoms with Crippen LogP contribution in [-0.4, -0.2) is 6.61 Å². The lowest BCUT2D eigenvalue weighted by atomic mass is 9.92. The van der Waals surface area contributed by atoms with Gasteiger partial charge in [0.1, 0.15) is 5.75 Å². The zero-order valence-electron chi connectivity index (χ0n) is 12.0. The van der Waals surface area contributed by atoms with E-state index in [1.165, 1.54) is 11.1 Å². The highest BCUT2D eigenvalue weighted by atomic mass is 16.5. The molecule has 1 heteroatoms. The summed E-state index contributed by atoms with van der Waals surface area (Å²) in [4.78, 5) is 0. The number of rotatable bonds is 5. The number of ether oxygens (including phenoxy) is 1. The van der Waals surface area contributed by atoms with Gasteiger partial charge in [0.15, 0.2) is 0 Å². The van der Waals surface area contributed by atoms with E-state index in [2.05, 4.69) is 50.8 Å². The van der Waals surface area contributed by atoms with Gasteiger partial charge in [-0.05, 0) is 42.5 Å². The number of hydrogen-bond acceptors (Lipinski definition) is 1. The second-order valence-electron chi connectivity index (χ2n) is 4.46. The average molecular weight is 244 g/mol. The van der Waals surface area contributed by atoms with Crippen LogP contribution in [0.4, 0.5) is 0 Å². The molecule has 0 fully saturated rings. The third-order valence-electron chi connectivity index (χ3n) is 3.05. The van der Waals surface area contributed by atoms with Crippen molar-refractivity contribution < 1.29 is 4.74 Å². The summed E-state index contributed by atoms with van der Waals surface area (Å²) in [6.45, 7) is 9.27. The van der Waals surface area contributed by atoms with Gasteiger partial charge >= 0.3 is 0 Å². The predicted molar refractivity (Wildman–Crippen MR) is 78.1 cm³/mol. The van der Waals surface area contributed by atoms with Gasteiger partial charge in [0, 0.05) is 12.8 Å². The zero-order chi connectivity index (χ0) is 13.4. The van der Waals surface area contributed by atoms with Crippen molar-refractivity contribution in [2.75, 3.05) is 6.61 Å². The molecule has 0 saturated carbocycles. The van der Waals surface area contributed by atoms with Gasteiger partial charge in [-0.2, -0.15) is 0 Å². The summed E-state index contributed by atoms with van der Waals surface area (Å²) in [5.41, 5.74) is 2.79. The Bertz CT molecular complexity index is 423. The molecule has 0 aromatic heterocycles. The van der Waals surface area contributed by atoms with Crippen LogP contribution in [-0.2, 0) is 6.42 Å². The summed E-state index contributed by atoms with van der Waals surface area (Å²) < 4.78 is 5.55. The summed E-state index contributed by atoms with van der Waals surface area (Å²) in [5, 5.41) is 0. The first-order valence-electron chi connectivity index (χ1n) is 6.94. The second kappa shape index (κ2) is 7.82. The highest BCUT2D eigenvalue weighted by Gasteiger charge is 2.09.